The van der Waals surface area contributed by atoms with Crippen LogP contribution in [0.25, 0.3) is 60.6 Å². The fourth-order valence-electron chi connectivity index (χ4n) is 5.31. The highest BCUT2D eigenvalue weighted by molar-refractivity contribution is 6.11. The molecule has 0 aliphatic heterocycles. The minimum Gasteiger partial charge on any atom is -0.456 e. The van der Waals surface area contributed by atoms with Gasteiger partial charge in [0.25, 0.3) is 0 Å². The molecular formula is C32H17N3O. The third-order valence-electron chi connectivity index (χ3n) is 6.89. The Balaban J connectivity index is 1.57. The van der Waals surface area contributed by atoms with Gasteiger partial charge in [0, 0.05) is 32.8 Å². The van der Waals surface area contributed by atoms with E-state index >= 15 is 0 Å². The summed E-state index contributed by atoms with van der Waals surface area (Å²) >= 11 is 0. The highest BCUT2D eigenvalue weighted by Crippen LogP contribution is 2.38. The molecule has 4 heteroatoms. The molecule has 0 saturated carbocycles. The van der Waals surface area contributed by atoms with Crippen molar-refractivity contribution in [3.05, 3.63) is 114 Å². The number of benzene rings is 5. The van der Waals surface area contributed by atoms with E-state index in [2.05, 4.69) is 59.2 Å². The average molecular weight is 460 g/mol. The highest BCUT2D eigenvalue weighted by atomic mass is 16.3. The monoisotopic (exact) mass is 459 g/mol. The Bertz CT molecular complexity index is 2050. The van der Waals surface area contributed by atoms with Crippen LogP contribution in [0.1, 0.15) is 11.1 Å². The first kappa shape index (κ1) is 20.1. The first-order valence-electron chi connectivity index (χ1n) is 11.7. The molecule has 0 amide bonds. The topological polar surface area (TPSA) is 65.7 Å². The van der Waals surface area contributed by atoms with Crippen molar-refractivity contribution in [2.24, 2.45) is 0 Å². The molecule has 2 heterocycles. The van der Waals surface area contributed by atoms with Crippen LogP contribution in [0.15, 0.2) is 108 Å². The summed E-state index contributed by atoms with van der Waals surface area (Å²) in [7, 11) is 0. The minimum atomic E-state index is 0.488. The minimum absolute atomic E-state index is 0.488. The molecular weight excluding hydrogens is 442 g/mol. The van der Waals surface area contributed by atoms with Crippen LogP contribution in [-0.4, -0.2) is 4.57 Å². The van der Waals surface area contributed by atoms with Crippen LogP contribution in [0.5, 0.6) is 0 Å². The summed E-state index contributed by atoms with van der Waals surface area (Å²) in [6.45, 7) is 0. The van der Waals surface area contributed by atoms with E-state index in [1.165, 1.54) is 0 Å². The molecule has 0 fully saturated rings. The van der Waals surface area contributed by atoms with Crippen LogP contribution in [0.3, 0.4) is 0 Å². The second-order valence-corrected chi connectivity index (χ2v) is 8.81. The van der Waals surface area contributed by atoms with Crippen LogP contribution >= 0.6 is 0 Å². The van der Waals surface area contributed by atoms with Crippen molar-refractivity contribution in [1.29, 1.82) is 10.5 Å². The molecule has 0 spiro atoms. The van der Waals surface area contributed by atoms with Gasteiger partial charge in [-0.3, -0.25) is 0 Å². The van der Waals surface area contributed by atoms with E-state index in [-0.39, 0.29) is 0 Å². The van der Waals surface area contributed by atoms with Gasteiger partial charge < -0.3 is 8.98 Å². The number of hydrogen-bond donors (Lipinski definition) is 0. The van der Waals surface area contributed by atoms with Gasteiger partial charge in [0.1, 0.15) is 11.2 Å². The fourth-order valence-corrected chi connectivity index (χ4v) is 5.31. The fraction of sp³-hybridized carbons (Fsp3) is 0. The lowest BCUT2D eigenvalue weighted by Crippen LogP contribution is -1.95. The summed E-state index contributed by atoms with van der Waals surface area (Å²) in [6, 6.07) is 38.6. The molecule has 0 radical (unpaired) electrons. The SMILES string of the molecule is N#Cc1cccc(C#N)c1-c1ccc2c3ccccc3n(-c3ccc4oc5ccccc5c4c3)c2c1. The van der Waals surface area contributed by atoms with E-state index in [4.69, 9.17) is 4.42 Å². The van der Waals surface area contributed by atoms with Gasteiger partial charge >= 0.3 is 0 Å². The number of hydrogen-bond acceptors (Lipinski definition) is 3. The molecule has 0 bridgehead atoms. The Labute approximate surface area is 206 Å². The highest BCUT2D eigenvalue weighted by Gasteiger charge is 2.17. The first-order valence-corrected chi connectivity index (χ1v) is 11.7. The molecule has 2 aromatic heterocycles. The Kier molecular flexibility index (Phi) is 4.24. The van der Waals surface area contributed by atoms with E-state index in [0.29, 0.717) is 16.7 Å². The number of nitrogens with zero attached hydrogens (tertiary/aromatic N) is 3. The van der Waals surface area contributed by atoms with Crippen molar-refractivity contribution in [2.75, 3.05) is 0 Å². The van der Waals surface area contributed by atoms with Crippen molar-refractivity contribution >= 4 is 43.7 Å². The second kappa shape index (κ2) is 7.60. The zero-order valence-electron chi connectivity index (χ0n) is 19.1. The van der Waals surface area contributed by atoms with Gasteiger partial charge in [0.15, 0.2) is 0 Å². The lowest BCUT2D eigenvalue weighted by molar-refractivity contribution is 0.669. The Morgan fingerprint density at radius 3 is 2.06 bits per heavy atom. The summed E-state index contributed by atoms with van der Waals surface area (Å²) in [5.74, 6) is 0. The Hall–Kier alpha value is -5.32. The molecule has 4 nitrogen and oxygen atoms in total. The number of nitriles is 2. The summed E-state index contributed by atoms with van der Waals surface area (Å²) in [4.78, 5) is 0. The van der Waals surface area contributed by atoms with Gasteiger partial charge in [-0.1, -0.05) is 54.6 Å². The second-order valence-electron chi connectivity index (χ2n) is 8.81. The lowest BCUT2D eigenvalue weighted by Gasteiger charge is -2.11. The quantitative estimate of drug-likeness (QED) is 0.262. The standard InChI is InChI=1S/C32H17N3O/c33-18-21-6-5-7-22(19-34)32(21)20-12-14-25-24-8-1-3-10-28(24)35(29(25)16-20)23-13-15-31-27(17-23)26-9-2-4-11-30(26)36-31/h1-17H. The number of aromatic nitrogens is 1. The maximum Gasteiger partial charge on any atom is 0.135 e. The summed E-state index contributed by atoms with van der Waals surface area (Å²) < 4.78 is 8.30. The Morgan fingerprint density at radius 1 is 0.556 bits per heavy atom. The van der Waals surface area contributed by atoms with Crippen molar-refractivity contribution in [2.45, 2.75) is 0 Å². The number of furan rings is 1. The van der Waals surface area contributed by atoms with Gasteiger partial charge in [-0.2, -0.15) is 10.5 Å². The molecule has 0 saturated heterocycles. The van der Waals surface area contributed by atoms with Gasteiger partial charge in [-0.15, -0.1) is 0 Å². The van der Waals surface area contributed by atoms with E-state index < -0.39 is 0 Å². The van der Waals surface area contributed by atoms with E-state index in [1.807, 2.05) is 42.5 Å². The van der Waals surface area contributed by atoms with Crippen LogP contribution in [0, 0.1) is 22.7 Å². The molecule has 7 rings (SSSR count). The third kappa shape index (κ3) is 2.79. The summed E-state index contributed by atoms with van der Waals surface area (Å²) in [6.07, 6.45) is 0. The van der Waals surface area contributed by atoms with Crippen LogP contribution in [0.2, 0.25) is 0 Å². The van der Waals surface area contributed by atoms with Crippen LogP contribution in [-0.2, 0) is 0 Å². The molecule has 0 aliphatic carbocycles. The van der Waals surface area contributed by atoms with E-state index in [0.717, 1.165) is 55.0 Å². The normalized spacial score (nSPS) is 11.3. The Morgan fingerprint density at radius 2 is 1.25 bits per heavy atom. The molecule has 0 aliphatic rings. The lowest BCUT2D eigenvalue weighted by atomic mass is 9.94. The van der Waals surface area contributed by atoms with E-state index in [9.17, 15) is 10.5 Å². The van der Waals surface area contributed by atoms with Crippen LogP contribution in [0.4, 0.5) is 0 Å². The number of fused-ring (bicyclic) bond motifs is 6. The molecule has 36 heavy (non-hydrogen) atoms. The molecule has 166 valence electrons. The third-order valence-corrected chi connectivity index (χ3v) is 6.89. The van der Waals surface area contributed by atoms with Crippen LogP contribution < -0.4 is 0 Å². The largest absolute Gasteiger partial charge is 0.456 e. The van der Waals surface area contributed by atoms with Gasteiger partial charge in [-0.25, -0.2) is 0 Å². The molecule has 7 aromatic rings. The average Bonchev–Trinajstić information content (AvgIpc) is 3.47. The molecule has 5 aromatic carbocycles. The molecule has 0 N–H and O–H groups in total. The van der Waals surface area contributed by atoms with Crippen molar-refractivity contribution < 1.29 is 4.42 Å². The summed E-state index contributed by atoms with van der Waals surface area (Å²) in [5, 5.41) is 23.9. The zero-order valence-corrected chi connectivity index (χ0v) is 19.1. The summed E-state index contributed by atoms with van der Waals surface area (Å²) in [5.41, 5.74) is 7.32. The van der Waals surface area contributed by atoms with Crippen molar-refractivity contribution in [3.8, 4) is 29.0 Å². The molecule has 0 atom stereocenters. The zero-order chi connectivity index (χ0) is 24.2. The predicted octanol–water partition coefficient (Wildman–Crippen LogP) is 8.09. The number of rotatable bonds is 2. The van der Waals surface area contributed by atoms with Crippen molar-refractivity contribution in [1.82, 2.24) is 4.57 Å². The van der Waals surface area contributed by atoms with Gasteiger partial charge in [0.05, 0.1) is 34.3 Å². The number of para-hydroxylation sites is 2. The van der Waals surface area contributed by atoms with Gasteiger partial charge in [0.2, 0.25) is 0 Å². The first-order chi connectivity index (χ1) is 17.8. The maximum atomic E-state index is 9.75. The molecule has 0 unspecified atom stereocenters. The van der Waals surface area contributed by atoms with Gasteiger partial charge in [-0.05, 0) is 54.1 Å². The van der Waals surface area contributed by atoms with Crippen molar-refractivity contribution in [3.63, 3.8) is 0 Å². The van der Waals surface area contributed by atoms with E-state index in [1.54, 1.807) is 18.2 Å². The maximum absolute atomic E-state index is 9.75. The smallest absolute Gasteiger partial charge is 0.135 e. The predicted molar refractivity (Wildman–Crippen MR) is 143 cm³/mol.